The van der Waals surface area contributed by atoms with Crippen molar-refractivity contribution in [3.05, 3.63) is 65.2 Å². The van der Waals surface area contributed by atoms with Crippen LogP contribution in [0.15, 0.2) is 48.5 Å². The molecule has 0 unspecified atom stereocenters. The highest BCUT2D eigenvalue weighted by atomic mass is 19.4. The standard InChI is InChI=1S/C19H16F3NO5/c1-11(24)28-15-4-2-3-13(10-15)17(25)23-16(18(26)27)9-12-5-7-14(8-6-12)19(20,21)22/h2-8,10,16H,9H2,1H3,(H,23,25)(H,26,27)/t16-/m1/s1. The van der Waals surface area contributed by atoms with Gasteiger partial charge in [0.15, 0.2) is 0 Å². The van der Waals surface area contributed by atoms with Crippen molar-refractivity contribution < 1.29 is 37.4 Å². The Morgan fingerprint density at radius 2 is 1.75 bits per heavy atom. The average Bonchev–Trinajstić information content (AvgIpc) is 2.60. The van der Waals surface area contributed by atoms with E-state index < -0.39 is 35.6 Å². The summed E-state index contributed by atoms with van der Waals surface area (Å²) in [5, 5.41) is 11.6. The lowest BCUT2D eigenvalue weighted by atomic mass is 10.0. The fraction of sp³-hybridized carbons (Fsp3) is 0.211. The number of esters is 1. The first-order valence-electron chi connectivity index (χ1n) is 8.04. The summed E-state index contributed by atoms with van der Waals surface area (Å²) in [5.74, 6) is -2.53. The molecule has 0 aromatic heterocycles. The number of halogens is 3. The molecule has 148 valence electrons. The van der Waals surface area contributed by atoms with Crippen molar-refractivity contribution >= 4 is 17.8 Å². The summed E-state index contributed by atoms with van der Waals surface area (Å²) < 4.78 is 42.7. The summed E-state index contributed by atoms with van der Waals surface area (Å²) in [6.45, 7) is 1.19. The van der Waals surface area contributed by atoms with Crippen molar-refractivity contribution in [1.29, 1.82) is 0 Å². The number of rotatable bonds is 6. The number of carbonyl (C=O) groups is 3. The van der Waals surface area contributed by atoms with Gasteiger partial charge in [-0.05, 0) is 35.9 Å². The number of carboxylic acid groups (broad SMARTS) is 1. The zero-order chi connectivity index (χ0) is 20.9. The van der Waals surface area contributed by atoms with Crippen LogP contribution in [-0.2, 0) is 22.2 Å². The number of carbonyl (C=O) groups excluding carboxylic acids is 2. The molecule has 0 aliphatic carbocycles. The van der Waals surface area contributed by atoms with Crippen LogP contribution in [0.5, 0.6) is 5.75 Å². The van der Waals surface area contributed by atoms with Crippen LogP contribution in [0.1, 0.15) is 28.4 Å². The van der Waals surface area contributed by atoms with Gasteiger partial charge < -0.3 is 15.2 Å². The van der Waals surface area contributed by atoms with Crippen LogP contribution in [0.3, 0.4) is 0 Å². The molecule has 1 atom stereocenters. The van der Waals surface area contributed by atoms with Crippen molar-refractivity contribution in [2.24, 2.45) is 0 Å². The molecule has 2 aromatic rings. The maximum absolute atomic E-state index is 12.6. The quantitative estimate of drug-likeness (QED) is 0.579. The molecule has 0 fully saturated rings. The molecule has 0 spiro atoms. The van der Waals surface area contributed by atoms with Gasteiger partial charge in [-0.2, -0.15) is 13.2 Å². The molecule has 0 saturated heterocycles. The molecule has 1 amide bonds. The second kappa shape index (κ2) is 8.55. The molecule has 0 aliphatic heterocycles. The van der Waals surface area contributed by atoms with Crippen LogP contribution in [-0.4, -0.2) is 29.0 Å². The van der Waals surface area contributed by atoms with E-state index in [4.69, 9.17) is 4.74 Å². The molecule has 2 rings (SSSR count). The van der Waals surface area contributed by atoms with E-state index in [1.165, 1.54) is 31.2 Å². The van der Waals surface area contributed by atoms with Gasteiger partial charge in [0, 0.05) is 18.9 Å². The summed E-state index contributed by atoms with van der Waals surface area (Å²) >= 11 is 0. The van der Waals surface area contributed by atoms with Gasteiger partial charge in [-0.3, -0.25) is 9.59 Å². The Labute approximate surface area is 157 Å². The van der Waals surface area contributed by atoms with Crippen LogP contribution in [0.25, 0.3) is 0 Å². The van der Waals surface area contributed by atoms with Crippen molar-refractivity contribution in [2.45, 2.75) is 25.6 Å². The molecule has 0 bridgehead atoms. The molecular weight excluding hydrogens is 379 g/mol. The number of hydrogen-bond donors (Lipinski definition) is 2. The lowest BCUT2D eigenvalue weighted by molar-refractivity contribution is -0.139. The van der Waals surface area contributed by atoms with Crippen LogP contribution in [0.2, 0.25) is 0 Å². The Morgan fingerprint density at radius 1 is 1.11 bits per heavy atom. The maximum atomic E-state index is 12.6. The summed E-state index contributed by atoms with van der Waals surface area (Å²) in [7, 11) is 0. The van der Waals surface area contributed by atoms with E-state index >= 15 is 0 Å². The molecule has 0 radical (unpaired) electrons. The number of benzene rings is 2. The van der Waals surface area contributed by atoms with Crippen molar-refractivity contribution in [3.8, 4) is 5.75 Å². The molecular formula is C19H16F3NO5. The third-order valence-electron chi connectivity index (χ3n) is 3.68. The number of alkyl halides is 3. The third kappa shape index (κ3) is 5.83. The highest BCUT2D eigenvalue weighted by Crippen LogP contribution is 2.29. The van der Waals surface area contributed by atoms with Crippen molar-refractivity contribution in [1.82, 2.24) is 5.32 Å². The van der Waals surface area contributed by atoms with Crippen LogP contribution in [0.4, 0.5) is 13.2 Å². The monoisotopic (exact) mass is 395 g/mol. The molecule has 0 saturated carbocycles. The summed E-state index contributed by atoms with van der Waals surface area (Å²) in [6.07, 6.45) is -4.70. The van der Waals surface area contributed by atoms with Gasteiger partial charge in [-0.1, -0.05) is 18.2 Å². The number of aliphatic carboxylic acids is 1. The Balaban J connectivity index is 2.11. The number of nitrogens with one attached hydrogen (secondary N) is 1. The zero-order valence-electron chi connectivity index (χ0n) is 14.6. The smallest absolute Gasteiger partial charge is 0.416 e. The Bertz CT molecular complexity index is 878. The van der Waals surface area contributed by atoms with Gasteiger partial charge in [0.1, 0.15) is 11.8 Å². The van der Waals surface area contributed by atoms with E-state index in [1.807, 2.05) is 0 Å². The predicted molar refractivity (Wildman–Crippen MR) is 91.8 cm³/mol. The summed E-state index contributed by atoms with van der Waals surface area (Å²) in [4.78, 5) is 34.7. The summed E-state index contributed by atoms with van der Waals surface area (Å²) in [5.41, 5.74) is -0.471. The number of amides is 1. The van der Waals surface area contributed by atoms with Crippen LogP contribution < -0.4 is 10.1 Å². The Hall–Kier alpha value is -3.36. The first kappa shape index (κ1) is 20.9. The maximum Gasteiger partial charge on any atom is 0.416 e. The SMILES string of the molecule is CC(=O)Oc1cccc(C(=O)N[C@H](Cc2ccc(C(F)(F)F)cc2)C(=O)O)c1. The molecule has 9 heteroatoms. The summed E-state index contributed by atoms with van der Waals surface area (Å²) in [6, 6.07) is 8.23. The first-order chi connectivity index (χ1) is 13.1. The van der Waals surface area contributed by atoms with Crippen LogP contribution >= 0.6 is 0 Å². The minimum absolute atomic E-state index is 0.0671. The van der Waals surface area contributed by atoms with Crippen LogP contribution in [0, 0.1) is 0 Å². The zero-order valence-corrected chi connectivity index (χ0v) is 14.6. The molecule has 6 nitrogen and oxygen atoms in total. The largest absolute Gasteiger partial charge is 0.480 e. The number of ether oxygens (including phenoxy) is 1. The predicted octanol–water partition coefficient (Wildman–Crippen LogP) is 3.06. The molecule has 0 aliphatic rings. The molecule has 2 aromatic carbocycles. The van der Waals surface area contributed by atoms with E-state index in [0.717, 1.165) is 24.3 Å². The van der Waals surface area contributed by atoms with E-state index in [9.17, 15) is 32.7 Å². The van der Waals surface area contributed by atoms with Gasteiger partial charge in [0.25, 0.3) is 5.91 Å². The normalized spacial score (nSPS) is 12.1. The van der Waals surface area contributed by atoms with E-state index in [1.54, 1.807) is 0 Å². The van der Waals surface area contributed by atoms with E-state index in [2.05, 4.69) is 5.32 Å². The van der Waals surface area contributed by atoms with Crippen molar-refractivity contribution in [2.75, 3.05) is 0 Å². The first-order valence-corrected chi connectivity index (χ1v) is 8.04. The highest BCUT2D eigenvalue weighted by molar-refractivity contribution is 5.97. The van der Waals surface area contributed by atoms with Gasteiger partial charge in [0.05, 0.1) is 5.56 Å². The van der Waals surface area contributed by atoms with Crippen molar-refractivity contribution in [3.63, 3.8) is 0 Å². The fourth-order valence-corrected chi connectivity index (χ4v) is 2.37. The second-order valence-electron chi connectivity index (χ2n) is 5.88. The average molecular weight is 395 g/mol. The van der Waals surface area contributed by atoms with Gasteiger partial charge in [-0.15, -0.1) is 0 Å². The number of hydrogen-bond acceptors (Lipinski definition) is 4. The van der Waals surface area contributed by atoms with E-state index in [-0.39, 0.29) is 17.7 Å². The Morgan fingerprint density at radius 3 is 2.29 bits per heavy atom. The topological polar surface area (TPSA) is 92.7 Å². The molecule has 28 heavy (non-hydrogen) atoms. The number of carboxylic acids is 1. The molecule has 2 N–H and O–H groups in total. The third-order valence-corrected chi connectivity index (χ3v) is 3.68. The Kier molecular flexibility index (Phi) is 6.40. The second-order valence-corrected chi connectivity index (χ2v) is 5.88. The minimum atomic E-state index is -4.49. The van der Waals surface area contributed by atoms with Gasteiger partial charge in [0.2, 0.25) is 0 Å². The minimum Gasteiger partial charge on any atom is -0.480 e. The fourth-order valence-electron chi connectivity index (χ4n) is 2.37. The lowest BCUT2D eigenvalue weighted by Gasteiger charge is -2.15. The lowest BCUT2D eigenvalue weighted by Crippen LogP contribution is -2.42. The molecule has 0 heterocycles. The van der Waals surface area contributed by atoms with E-state index in [0.29, 0.717) is 5.56 Å². The highest BCUT2D eigenvalue weighted by Gasteiger charge is 2.30. The van der Waals surface area contributed by atoms with Gasteiger partial charge in [-0.25, -0.2) is 4.79 Å². The van der Waals surface area contributed by atoms with Gasteiger partial charge >= 0.3 is 18.1 Å².